The smallest absolute Gasteiger partial charge is 0.333 e. The van der Waals surface area contributed by atoms with Crippen molar-refractivity contribution in [1.29, 1.82) is 0 Å². The summed E-state index contributed by atoms with van der Waals surface area (Å²) in [6.07, 6.45) is 43.1. The molecular formula is C112H216O4. The van der Waals surface area contributed by atoms with Crippen molar-refractivity contribution >= 4 is 11.9 Å². The summed E-state index contributed by atoms with van der Waals surface area (Å²) >= 11 is 0. The highest BCUT2D eigenvalue weighted by molar-refractivity contribution is 5.87. The van der Waals surface area contributed by atoms with Crippen LogP contribution in [-0.4, -0.2) is 24.6 Å². The van der Waals surface area contributed by atoms with Crippen LogP contribution in [0.15, 0.2) is 54.6 Å². The van der Waals surface area contributed by atoms with E-state index in [1.165, 1.54) is 18.4 Å². The van der Waals surface area contributed by atoms with E-state index in [4.69, 9.17) is 9.47 Å². The van der Waals surface area contributed by atoms with Crippen LogP contribution in [0, 0.1) is 144 Å². The normalized spacial score (nSPS) is 31.2. The highest BCUT2D eigenvalue weighted by Crippen LogP contribution is 2.67. The van der Waals surface area contributed by atoms with Crippen molar-refractivity contribution < 1.29 is 19.1 Å². The summed E-state index contributed by atoms with van der Waals surface area (Å²) in [5.74, 6) is 18.1. The van der Waals surface area contributed by atoms with Crippen molar-refractivity contribution in [2.24, 2.45) is 144 Å². The molecule has 4 nitrogen and oxygen atoms in total. The summed E-state index contributed by atoms with van der Waals surface area (Å²) in [7, 11) is 0. The highest BCUT2D eigenvalue weighted by atomic mass is 16.5. The van der Waals surface area contributed by atoms with Crippen LogP contribution >= 0.6 is 0 Å². The molecule has 0 aromatic heterocycles. The maximum atomic E-state index is 11.4. The zero-order chi connectivity index (χ0) is 90.9. The third kappa shape index (κ3) is 41.0. The second-order valence-electron chi connectivity index (χ2n) is 44.7. The predicted octanol–water partition coefficient (Wildman–Crippen LogP) is 37.0. The van der Waals surface area contributed by atoms with Gasteiger partial charge in [-0.1, -0.05) is 327 Å². The second-order valence-corrected chi connectivity index (χ2v) is 44.7. The van der Waals surface area contributed by atoms with Crippen LogP contribution in [0.1, 0.15) is 489 Å². The fraction of sp³-hybridized carbons (Fsp3) is 0.893. The van der Waals surface area contributed by atoms with Crippen LogP contribution < -0.4 is 0 Å². The van der Waals surface area contributed by atoms with Gasteiger partial charge >= 0.3 is 11.9 Å². The van der Waals surface area contributed by atoms with Crippen LogP contribution in [0.3, 0.4) is 0 Å². The lowest BCUT2D eigenvalue weighted by Gasteiger charge is -2.62. The Kier molecular flexibility index (Phi) is 57.4. The van der Waals surface area contributed by atoms with Crippen molar-refractivity contribution in [3.05, 3.63) is 60.2 Å². The molecule has 688 valence electrons. The van der Waals surface area contributed by atoms with Gasteiger partial charge in [0.25, 0.3) is 0 Å². The Bertz CT molecular complexity index is 2510. The van der Waals surface area contributed by atoms with Crippen LogP contribution in [0.2, 0.25) is 0 Å². The Morgan fingerprint density at radius 3 is 0.940 bits per heavy atom. The minimum atomic E-state index is -0.292. The topological polar surface area (TPSA) is 52.6 Å². The number of carbonyl (C=O) groups is 2. The van der Waals surface area contributed by atoms with Crippen LogP contribution in [0.25, 0.3) is 0 Å². The van der Waals surface area contributed by atoms with Crippen LogP contribution in [0.4, 0.5) is 0 Å². The third-order valence-electron chi connectivity index (χ3n) is 27.8. The largest absolute Gasteiger partial charge is 0.462 e. The molecule has 0 N–H and O–H groups in total. The first-order chi connectivity index (χ1) is 54.2. The Morgan fingerprint density at radius 2 is 0.681 bits per heavy atom. The van der Waals surface area contributed by atoms with E-state index in [9.17, 15) is 9.59 Å². The van der Waals surface area contributed by atoms with E-state index >= 15 is 0 Å². The highest BCUT2D eigenvalue weighted by Gasteiger charge is 2.57. The number of rotatable bonds is 7. The zero-order valence-corrected chi connectivity index (χ0v) is 87.5. The Morgan fingerprint density at radius 1 is 0.371 bits per heavy atom. The first-order valence-corrected chi connectivity index (χ1v) is 51.0. The van der Waals surface area contributed by atoms with Gasteiger partial charge < -0.3 is 9.47 Å². The number of hydrogen-bond donors (Lipinski definition) is 0. The molecule has 4 heteroatoms. The average Bonchev–Trinajstić information content (AvgIpc) is 0.738. The molecule has 16 bridgehead atoms. The number of ether oxygens (including phenoxy) is 2. The van der Waals surface area contributed by atoms with Crippen molar-refractivity contribution in [2.75, 3.05) is 6.61 Å². The van der Waals surface area contributed by atoms with Gasteiger partial charge in [0.05, 0.1) is 6.61 Å². The summed E-state index contributed by atoms with van der Waals surface area (Å²) in [5.41, 5.74) is 7.00. The number of benzene rings is 1. The average molecular weight is 1630 g/mol. The van der Waals surface area contributed by atoms with Gasteiger partial charge in [0.2, 0.25) is 0 Å². The molecule has 17 saturated carbocycles. The van der Waals surface area contributed by atoms with Gasteiger partial charge in [-0.2, -0.15) is 0 Å². The Hall–Kier alpha value is -2.36. The van der Waals surface area contributed by atoms with E-state index in [2.05, 4.69) is 189 Å². The molecule has 18 rings (SSSR count). The monoisotopic (exact) mass is 1630 g/mol. The molecule has 0 aliphatic heterocycles. The maximum absolute atomic E-state index is 11.4. The fourth-order valence-electron chi connectivity index (χ4n) is 24.9. The zero-order valence-electron chi connectivity index (χ0n) is 87.5. The van der Waals surface area contributed by atoms with Gasteiger partial charge in [0.1, 0.15) is 6.10 Å². The van der Waals surface area contributed by atoms with Crippen molar-refractivity contribution in [3.8, 4) is 0 Å². The van der Waals surface area contributed by atoms with E-state index < -0.39 is 0 Å². The van der Waals surface area contributed by atoms with Crippen LogP contribution in [0.5, 0.6) is 0 Å². The summed E-state index contributed by atoms with van der Waals surface area (Å²) in [6.45, 7) is 100. The van der Waals surface area contributed by atoms with E-state index in [0.717, 1.165) is 144 Å². The number of esters is 2. The summed E-state index contributed by atoms with van der Waals surface area (Å²) in [5, 5.41) is 0. The first kappa shape index (κ1) is 118. The summed E-state index contributed by atoms with van der Waals surface area (Å²) in [6, 6.07) is 10.6. The third-order valence-corrected chi connectivity index (χ3v) is 27.8. The van der Waals surface area contributed by atoms with Gasteiger partial charge in [0.15, 0.2) is 0 Å². The molecule has 0 unspecified atom stereocenters. The molecule has 0 saturated heterocycles. The number of hydrogen-bond acceptors (Lipinski definition) is 4. The lowest BCUT2D eigenvalue weighted by Crippen LogP contribution is -2.51. The van der Waals surface area contributed by atoms with Gasteiger partial charge in [-0.25, -0.2) is 9.59 Å². The van der Waals surface area contributed by atoms with Gasteiger partial charge in [-0.3, -0.25) is 0 Å². The Balaban J connectivity index is -0.00000124. The lowest BCUT2D eigenvalue weighted by atomic mass is 9.43. The molecule has 0 radical (unpaired) electrons. The summed E-state index contributed by atoms with van der Waals surface area (Å²) in [4.78, 5) is 22.3. The molecule has 0 atom stereocenters. The molecule has 0 amide bonds. The SMILES string of the molecule is C=C(C)C(=O)OC1CCC(C(C)(C)C)CC1.C=C(C)C(=O)OCCC(C)(C)C.CC.CC.CC.CC.CC.CC.CC.CC.CC.CC.CC(C)(C)C12CC3CC(CC(C3)C1)C2.CC(C)(C)C1C2CC3CC(C2)CC1C3.CC(C)(C)CC12CC3CC(CC(C3)C1)C2.CC(C)(C)CC1C2CC3CC(C2)CC1C3.CC(C)(C)c1ccccc1. The fourth-order valence-corrected chi connectivity index (χ4v) is 24.9. The van der Waals surface area contributed by atoms with E-state index in [-0.39, 0.29) is 23.5 Å². The minimum absolute atomic E-state index is 0.114. The van der Waals surface area contributed by atoms with E-state index in [1.807, 2.05) is 138 Å². The molecule has 17 fully saturated rings. The van der Waals surface area contributed by atoms with Crippen molar-refractivity contribution in [1.82, 2.24) is 0 Å². The van der Waals surface area contributed by atoms with Crippen molar-refractivity contribution in [2.45, 2.75) is 495 Å². The van der Waals surface area contributed by atoms with E-state index in [0.29, 0.717) is 50.2 Å². The number of carbonyl (C=O) groups excluding carboxylic acids is 2. The molecule has 1 aromatic rings. The minimum Gasteiger partial charge on any atom is -0.462 e. The Labute approximate surface area is 732 Å². The molecule has 17 aliphatic carbocycles. The van der Waals surface area contributed by atoms with Gasteiger partial charge in [0, 0.05) is 11.1 Å². The second kappa shape index (κ2) is 56.5. The first-order valence-electron chi connectivity index (χ1n) is 51.0. The quantitative estimate of drug-likeness (QED) is 0.202. The van der Waals surface area contributed by atoms with Gasteiger partial charge in [-0.15, -0.1) is 0 Å². The van der Waals surface area contributed by atoms with Crippen LogP contribution in [-0.2, 0) is 24.5 Å². The predicted molar refractivity (Wildman–Crippen MR) is 524 cm³/mol. The molecule has 0 heterocycles. The lowest BCUT2D eigenvalue weighted by molar-refractivity contribution is -0.146. The molecular weight excluding hydrogens is 1410 g/mol. The summed E-state index contributed by atoms with van der Waals surface area (Å²) < 4.78 is 10.3. The maximum Gasteiger partial charge on any atom is 0.333 e. The molecule has 0 spiro atoms. The molecule has 1 aromatic carbocycles. The molecule has 116 heavy (non-hydrogen) atoms. The van der Waals surface area contributed by atoms with Gasteiger partial charge in [-0.05, 0) is 355 Å². The van der Waals surface area contributed by atoms with E-state index in [1.54, 1.807) is 155 Å². The molecule has 17 aliphatic rings. The standard InChI is InChI=1S/2C15H26.C14H24O2.2C14H24.C10H18O2.C10H14.10C2H6/c1-14(2,3)10-15-7-11-4-12(8-15)6-13(5-11)9-15;1-15(2,3)9-14-12-5-10-4-11(7-12)8-13(14)6-10;1-10(2)13(15)16-12-8-6-11(7-9-12)14(3,4)5;1-13(2,3)14-7-10-4-11(8-14)6-12(5-10)9-14;1-14(2,3)13-11-5-9-4-10(7-11)8-12(13)6-9;1-8(2)9(11)12-7-6-10(3,4)5;1-10(2,3)9-7-5-4-6-8-9;10*1-2/h11-13H,4-10H2,1-3H3;10-14H,4-9H2,1-3H3;11-12H,1,6-9H2,2-5H3;10-12H,4-9H2,1-3H3;9-13H,4-8H2,1-3H3;1,6-7H2,2-5H3;4-8H,1-3H3;10*1-2H3. The van der Waals surface area contributed by atoms with Crippen molar-refractivity contribution in [3.63, 3.8) is 0 Å².